The highest BCUT2D eigenvalue weighted by Crippen LogP contribution is 2.27. The molecule has 0 aliphatic heterocycles. The van der Waals surface area contributed by atoms with Crippen LogP contribution in [-0.4, -0.2) is 16.1 Å². The van der Waals surface area contributed by atoms with Crippen LogP contribution in [0.4, 0.5) is 14.6 Å². The second-order valence-corrected chi connectivity index (χ2v) is 7.33. The molecule has 0 unspecified atom stereocenters. The second kappa shape index (κ2) is 8.30. The first kappa shape index (κ1) is 20.1. The van der Waals surface area contributed by atoms with Gasteiger partial charge in [0.15, 0.2) is 5.82 Å². The van der Waals surface area contributed by atoms with E-state index in [4.69, 9.17) is 27.9 Å². The molecule has 152 valence electrons. The fourth-order valence-electron chi connectivity index (χ4n) is 2.90. The highest BCUT2D eigenvalue weighted by molar-refractivity contribution is 6.35. The summed E-state index contributed by atoms with van der Waals surface area (Å²) in [5, 5.41) is 10.9. The van der Waals surface area contributed by atoms with Crippen molar-refractivity contribution >= 4 is 45.8 Å². The van der Waals surface area contributed by atoms with Crippen molar-refractivity contribution in [2.45, 2.75) is 6.61 Å². The number of nitrogens with one attached hydrogen (secondary N) is 2. The summed E-state index contributed by atoms with van der Waals surface area (Å²) in [6, 6.07) is 12.8. The molecule has 0 saturated carbocycles. The topological polar surface area (TPSA) is 67.0 Å². The Hall–Kier alpha value is -3.16. The van der Waals surface area contributed by atoms with Gasteiger partial charge in [0.25, 0.3) is 5.91 Å². The van der Waals surface area contributed by atoms with Gasteiger partial charge in [-0.1, -0.05) is 23.2 Å². The van der Waals surface area contributed by atoms with E-state index in [2.05, 4.69) is 15.5 Å². The lowest BCUT2D eigenvalue weighted by atomic mass is 10.2. The first-order valence-corrected chi connectivity index (χ1v) is 9.46. The van der Waals surface area contributed by atoms with Gasteiger partial charge in [-0.2, -0.15) is 5.10 Å². The zero-order chi connectivity index (χ0) is 21.3. The molecule has 30 heavy (non-hydrogen) atoms. The van der Waals surface area contributed by atoms with Crippen molar-refractivity contribution in [3.05, 3.63) is 87.4 Å². The number of carbonyl (C=O) groups excluding carboxylic acids is 1. The van der Waals surface area contributed by atoms with Crippen molar-refractivity contribution in [3.8, 4) is 5.75 Å². The predicted molar refractivity (Wildman–Crippen MR) is 111 cm³/mol. The third kappa shape index (κ3) is 4.53. The Morgan fingerprint density at radius 2 is 1.70 bits per heavy atom. The fraction of sp³-hybridized carbons (Fsp3) is 0.0476. The van der Waals surface area contributed by atoms with Crippen LogP contribution in [-0.2, 0) is 6.61 Å². The molecule has 0 fully saturated rings. The summed E-state index contributed by atoms with van der Waals surface area (Å²) in [6.07, 6.45) is 0. The zero-order valence-corrected chi connectivity index (χ0v) is 16.7. The van der Waals surface area contributed by atoms with Gasteiger partial charge in [0, 0.05) is 27.1 Å². The molecule has 3 aromatic carbocycles. The minimum Gasteiger partial charge on any atom is -0.489 e. The quantitative estimate of drug-likeness (QED) is 0.395. The van der Waals surface area contributed by atoms with Gasteiger partial charge in [0.2, 0.25) is 0 Å². The van der Waals surface area contributed by atoms with Crippen LogP contribution in [0, 0.1) is 11.6 Å². The maximum absolute atomic E-state index is 13.3. The maximum atomic E-state index is 13.3. The van der Waals surface area contributed by atoms with Gasteiger partial charge in [0.05, 0.1) is 5.52 Å². The monoisotopic (exact) mass is 447 g/mol. The number of anilines is 1. The van der Waals surface area contributed by atoms with Crippen molar-refractivity contribution in [2.24, 2.45) is 0 Å². The number of ether oxygens (including phenoxy) is 1. The summed E-state index contributed by atoms with van der Waals surface area (Å²) in [6.45, 7) is -0.0270. The molecule has 0 aliphatic carbocycles. The van der Waals surface area contributed by atoms with Crippen molar-refractivity contribution in [1.82, 2.24) is 10.2 Å². The molecular formula is C21H13Cl2F2N3O2. The van der Waals surface area contributed by atoms with Crippen LogP contribution in [0.1, 0.15) is 15.9 Å². The van der Waals surface area contributed by atoms with Crippen LogP contribution in [0.5, 0.6) is 5.75 Å². The molecule has 0 radical (unpaired) electrons. The third-order valence-electron chi connectivity index (χ3n) is 4.22. The number of hydrogen-bond donors (Lipinski definition) is 2. The third-order valence-corrected chi connectivity index (χ3v) is 4.66. The molecule has 1 aromatic heterocycles. The van der Waals surface area contributed by atoms with Gasteiger partial charge < -0.3 is 10.1 Å². The van der Waals surface area contributed by atoms with E-state index in [9.17, 15) is 13.6 Å². The summed E-state index contributed by atoms with van der Waals surface area (Å²) >= 11 is 11.9. The van der Waals surface area contributed by atoms with Gasteiger partial charge in [-0.05, 0) is 54.1 Å². The maximum Gasteiger partial charge on any atom is 0.256 e. The number of carbonyl (C=O) groups is 1. The summed E-state index contributed by atoms with van der Waals surface area (Å²) < 4.78 is 32.3. The molecule has 1 amide bonds. The summed E-state index contributed by atoms with van der Waals surface area (Å²) in [4.78, 5) is 12.5. The van der Waals surface area contributed by atoms with Crippen LogP contribution in [0.15, 0.2) is 54.6 Å². The standard InChI is InChI=1S/C21H13Cl2F2N3O2/c22-13-5-12(6-14(23)7-13)21(29)26-20-18-9-17(1-2-19(18)27-28-20)30-10-11-3-15(24)8-16(25)4-11/h1-9H,10H2,(H2,26,27,28,29). The van der Waals surface area contributed by atoms with Gasteiger partial charge in [-0.25, -0.2) is 8.78 Å². The number of aromatic nitrogens is 2. The Morgan fingerprint density at radius 1 is 1.00 bits per heavy atom. The number of aromatic amines is 1. The van der Waals surface area contributed by atoms with Crippen molar-refractivity contribution in [2.75, 3.05) is 5.32 Å². The van der Waals surface area contributed by atoms with E-state index in [-0.39, 0.29) is 18.0 Å². The van der Waals surface area contributed by atoms with Crippen molar-refractivity contribution < 1.29 is 18.3 Å². The number of H-pyrrole nitrogens is 1. The first-order valence-electron chi connectivity index (χ1n) is 8.71. The van der Waals surface area contributed by atoms with E-state index in [0.29, 0.717) is 32.3 Å². The largest absolute Gasteiger partial charge is 0.489 e. The lowest BCUT2D eigenvalue weighted by molar-refractivity contribution is 0.102. The van der Waals surface area contributed by atoms with Crippen LogP contribution < -0.4 is 10.1 Å². The second-order valence-electron chi connectivity index (χ2n) is 6.46. The Bertz CT molecular complexity index is 1220. The van der Waals surface area contributed by atoms with Gasteiger partial charge in [-0.3, -0.25) is 9.89 Å². The molecule has 4 aromatic rings. The van der Waals surface area contributed by atoms with E-state index in [1.807, 2.05) is 0 Å². The number of rotatable bonds is 5. The highest BCUT2D eigenvalue weighted by Gasteiger charge is 2.13. The smallest absolute Gasteiger partial charge is 0.256 e. The SMILES string of the molecule is O=C(Nc1n[nH]c2ccc(OCc3cc(F)cc(F)c3)cc12)c1cc(Cl)cc(Cl)c1. The first-order chi connectivity index (χ1) is 14.4. The van der Waals surface area contributed by atoms with E-state index in [1.165, 1.54) is 30.3 Å². The van der Waals surface area contributed by atoms with E-state index < -0.39 is 17.5 Å². The molecule has 0 saturated heterocycles. The molecular weight excluding hydrogens is 435 g/mol. The minimum atomic E-state index is -0.676. The van der Waals surface area contributed by atoms with E-state index in [1.54, 1.807) is 18.2 Å². The lowest BCUT2D eigenvalue weighted by Gasteiger charge is -2.08. The van der Waals surface area contributed by atoms with Crippen LogP contribution >= 0.6 is 23.2 Å². The number of hydrogen-bond acceptors (Lipinski definition) is 3. The Balaban J connectivity index is 1.54. The number of benzene rings is 3. The molecule has 0 spiro atoms. The normalized spacial score (nSPS) is 10.9. The van der Waals surface area contributed by atoms with Crippen LogP contribution in [0.3, 0.4) is 0 Å². The molecule has 0 atom stereocenters. The van der Waals surface area contributed by atoms with Gasteiger partial charge in [-0.15, -0.1) is 0 Å². The average molecular weight is 448 g/mol. The molecule has 0 aliphatic rings. The van der Waals surface area contributed by atoms with E-state index >= 15 is 0 Å². The summed E-state index contributed by atoms with van der Waals surface area (Å²) in [5.41, 5.74) is 1.30. The van der Waals surface area contributed by atoms with E-state index in [0.717, 1.165) is 6.07 Å². The lowest BCUT2D eigenvalue weighted by Crippen LogP contribution is -2.12. The summed E-state index contributed by atoms with van der Waals surface area (Å²) in [7, 11) is 0. The van der Waals surface area contributed by atoms with Gasteiger partial charge >= 0.3 is 0 Å². The highest BCUT2D eigenvalue weighted by atomic mass is 35.5. The number of fused-ring (bicyclic) bond motifs is 1. The number of halogens is 4. The minimum absolute atomic E-state index is 0.0270. The van der Waals surface area contributed by atoms with Crippen molar-refractivity contribution in [1.29, 1.82) is 0 Å². The van der Waals surface area contributed by atoms with Gasteiger partial charge in [0.1, 0.15) is 24.0 Å². The molecule has 2 N–H and O–H groups in total. The zero-order valence-electron chi connectivity index (χ0n) is 15.2. The van der Waals surface area contributed by atoms with Crippen molar-refractivity contribution in [3.63, 3.8) is 0 Å². The molecule has 9 heteroatoms. The van der Waals surface area contributed by atoms with Crippen LogP contribution in [0.25, 0.3) is 10.9 Å². The summed E-state index contributed by atoms with van der Waals surface area (Å²) in [5.74, 6) is -1.06. The molecule has 5 nitrogen and oxygen atoms in total. The van der Waals surface area contributed by atoms with Crippen LogP contribution in [0.2, 0.25) is 10.0 Å². The number of amides is 1. The Kier molecular flexibility index (Phi) is 5.57. The Labute approximate surface area is 179 Å². The average Bonchev–Trinajstić information content (AvgIpc) is 3.07. The number of nitrogens with zero attached hydrogens (tertiary/aromatic N) is 1. The molecule has 0 bridgehead atoms. The molecule has 1 heterocycles. The fourth-order valence-corrected chi connectivity index (χ4v) is 3.43. The predicted octanol–water partition coefficient (Wildman–Crippen LogP) is 5.98. The molecule has 4 rings (SSSR count). The Morgan fingerprint density at radius 3 is 2.40 bits per heavy atom.